The number of nitrogens with zero attached hydrogens (tertiary/aromatic N) is 1. The molecule has 0 saturated carbocycles. The first-order valence-electron chi connectivity index (χ1n) is 7.39. The zero-order valence-electron chi connectivity index (χ0n) is 12.5. The number of likely N-dealkylation sites (tertiary alicyclic amines) is 1. The van der Waals surface area contributed by atoms with E-state index in [1.807, 2.05) is 0 Å². The third-order valence-electron chi connectivity index (χ3n) is 3.66. The fourth-order valence-electron chi connectivity index (χ4n) is 2.53. The van der Waals surface area contributed by atoms with Crippen LogP contribution < -0.4 is 10.0 Å². The minimum Gasteiger partial charge on any atom is -0.313 e. The summed E-state index contributed by atoms with van der Waals surface area (Å²) in [7, 11) is -3.09. The van der Waals surface area contributed by atoms with Crippen LogP contribution in [0.4, 0.5) is 0 Å². The Morgan fingerprint density at radius 3 is 2.63 bits per heavy atom. The van der Waals surface area contributed by atoms with Gasteiger partial charge in [0.25, 0.3) is 0 Å². The Morgan fingerprint density at radius 2 is 2.00 bits per heavy atom. The van der Waals surface area contributed by atoms with Gasteiger partial charge >= 0.3 is 0 Å². The maximum Gasteiger partial charge on any atom is 0.212 e. The van der Waals surface area contributed by atoms with E-state index in [0.717, 1.165) is 25.9 Å². The molecule has 1 heterocycles. The number of sulfonamides is 1. The summed E-state index contributed by atoms with van der Waals surface area (Å²) in [4.78, 5) is 2.50. The van der Waals surface area contributed by atoms with Crippen molar-refractivity contribution in [3.8, 4) is 0 Å². The average Bonchev–Trinajstić information content (AvgIpc) is 2.54. The monoisotopic (exact) mass is 291 g/mol. The van der Waals surface area contributed by atoms with Crippen molar-refractivity contribution in [3.05, 3.63) is 0 Å². The molecule has 0 aromatic carbocycles. The molecule has 0 aliphatic carbocycles. The molecule has 1 unspecified atom stereocenters. The number of nitrogens with one attached hydrogen (secondary N) is 2. The third kappa shape index (κ3) is 6.70. The lowest BCUT2D eigenvalue weighted by atomic mass is 10.1. The van der Waals surface area contributed by atoms with Gasteiger partial charge in [-0.2, -0.15) is 0 Å². The van der Waals surface area contributed by atoms with E-state index in [9.17, 15) is 8.42 Å². The highest BCUT2D eigenvalue weighted by Crippen LogP contribution is 2.13. The van der Waals surface area contributed by atoms with Gasteiger partial charge < -0.3 is 10.2 Å². The summed E-state index contributed by atoms with van der Waals surface area (Å²) in [6.07, 6.45) is 3.44. The summed E-state index contributed by atoms with van der Waals surface area (Å²) < 4.78 is 25.6. The molecule has 0 bridgehead atoms. The molecule has 5 nitrogen and oxygen atoms in total. The molecule has 114 valence electrons. The second-order valence-electron chi connectivity index (χ2n) is 5.53. The summed E-state index contributed by atoms with van der Waals surface area (Å²) in [6, 6.07) is 1.06. The van der Waals surface area contributed by atoms with Crippen LogP contribution in [0.15, 0.2) is 0 Å². The van der Waals surface area contributed by atoms with Gasteiger partial charge in [-0.05, 0) is 46.2 Å². The molecule has 0 amide bonds. The molecule has 0 radical (unpaired) electrons. The molecule has 1 saturated heterocycles. The van der Waals surface area contributed by atoms with Gasteiger partial charge in [0.05, 0.1) is 5.75 Å². The predicted molar refractivity (Wildman–Crippen MR) is 79.8 cm³/mol. The molecule has 19 heavy (non-hydrogen) atoms. The molecule has 6 heteroatoms. The lowest BCUT2D eigenvalue weighted by Crippen LogP contribution is -2.37. The number of hydrogen-bond donors (Lipinski definition) is 2. The highest BCUT2D eigenvalue weighted by Gasteiger charge is 2.18. The van der Waals surface area contributed by atoms with Crippen molar-refractivity contribution in [1.29, 1.82) is 0 Å². The van der Waals surface area contributed by atoms with E-state index >= 15 is 0 Å². The third-order valence-corrected chi connectivity index (χ3v) is 5.13. The van der Waals surface area contributed by atoms with Crippen LogP contribution in [0.5, 0.6) is 0 Å². The fraction of sp³-hybridized carbons (Fsp3) is 1.00. The highest BCUT2D eigenvalue weighted by atomic mass is 32.2. The normalized spacial score (nSPS) is 22.6. The summed E-state index contributed by atoms with van der Waals surface area (Å²) in [5.74, 6) is 0.172. The van der Waals surface area contributed by atoms with Crippen molar-refractivity contribution in [2.45, 2.75) is 52.1 Å². The first-order chi connectivity index (χ1) is 8.94. The SMILES string of the molecule is CCNS(=O)(=O)CCNC1CCCN(C(C)C)CC1. The molecular weight excluding hydrogens is 262 g/mol. The van der Waals surface area contributed by atoms with Gasteiger partial charge in [-0.15, -0.1) is 0 Å². The zero-order valence-corrected chi connectivity index (χ0v) is 13.3. The van der Waals surface area contributed by atoms with Crippen LogP contribution in [-0.2, 0) is 10.0 Å². The average molecular weight is 291 g/mol. The van der Waals surface area contributed by atoms with Gasteiger partial charge in [0.1, 0.15) is 0 Å². The first-order valence-corrected chi connectivity index (χ1v) is 9.04. The number of hydrogen-bond acceptors (Lipinski definition) is 4. The van der Waals surface area contributed by atoms with Gasteiger partial charge in [0.15, 0.2) is 0 Å². The van der Waals surface area contributed by atoms with Crippen LogP contribution >= 0.6 is 0 Å². The van der Waals surface area contributed by atoms with Gasteiger partial charge in [-0.25, -0.2) is 13.1 Å². The zero-order chi connectivity index (χ0) is 14.3. The van der Waals surface area contributed by atoms with Crippen LogP contribution in [0, 0.1) is 0 Å². The Kier molecular flexibility index (Phi) is 7.28. The van der Waals surface area contributed by atoms with E-state index in [1.165, 1.54) is 6.42 Å². The summed E-state index contributed by atoms with van der Waals surface area (Å²) in [5, 5.41) is 3.39. The van der Waals surface area contributed by atoms with Crippen LogP contribution in [0.25, 0.3) is 0 Å². The van der Waals surface area contributed by atoms with E-state index in [0.29, 0.717) is 25.2 Å². The van der Waals surface area contributed by atoms with Gasteiger partial charge in [-0.3, -0.25) is 0 Å². The van der Waals surface area contributed by atoms with E-state index in [-0.39, 0.29) is 5.75 Å². The summed E-state index contributed by atoms with van der Waals surface area (Å²) in [5.41, 5.74) is 0. The van der Waals surface area contributed by atoms with Crippen molar-refractivity contribution in [2.24, 2.45) is 0 Å². The molecule has 2 N–H and O–H groups in total. The van der Waals surface area contributed by atoms with Crippen LogP contribution in [0.2, 0.25) is 0 Å². The number of rotatable bonds is 7. The fourth-order valence-corrected chi connectivity index (χ4v) is 3.50. The largest absolute Gasteiger partial charge is 0.313 e. The topological polar surface area (TPSA) is 61.4 Å². The summed E-state index contributed by atoms with van der Waals surface area (Å²) in [6.45, 7) is 9.54. The molecule has 0 spiro atoms. The van der Waals surface area contributed by atoms with Crippen LogP contribution in [-0.4, -0.2) is 57.3 Å². The first kappa shape index (κ1) is 16.9. The Balaban J connectivity index is 2.27. The van der Waals surface area contributed by atoms with E-state index in [2.05, 4.69) is 28.8 Å². The smallest absolute Gasteiger partial charge is 0.212 e. The van der Waals surface area contributed by atoms with Crippen molar-refractivity contribution in [2.75, 3.05) is 31.9 Å². The van der Waals surface area contributed by atoms with Crippen LogP contribution in [0.3, 0.4) is 0 Å². The Hall–Kier alpha value is -0.170. The predicted octanol–water partition coefficient (Wildman–Crippen LogP) is 0.778. The van der Waals surface area contributed by atoms with Crippen molar-refractivity contribution in [1.82, 2.24) is 14.9 Å². The van der Waals surface area contributed by atoms with Gasteiger partial charge in [0, 0.05) is 25.2 Å². The van der Waals surface area contributed by atoms with Gasteiger partial charge in [0.2, 0.25) is 10.0 Å². The standard InChI is InChI=1S/C13H29N3O2S/c1-4-15-19(17,18)11-8-14-13-6-5-9-16(10-7-13)12(2)3/h12-15H,4-11H2,1-3H3. The molecule has 1 atom stereocenters. The quantitative estimate of drug-likeness (QED) is 0.728. The molecular formula is C13H29N3O2S. The molecule has 1 aliphatic rings. The van der Waals surface area contributed by atoms with Crippen LogP contribution in [0.1, 0.15) is 40.0 Å². The van der Waals surface area contributed by atoms with E-state index in [1.54, 1.807) is 6.92 Å². The Labute approximate surface area is 118 Å². The summed E-state index contributed by atoms with van der Waals surface area (Å²) >= 11 is 0. The molecule has 1 fully saturated rings. The van der Waals surface area contributed by atoms with E-state index in [4.69, 9.17) is 0 Å². The van der Waals surface area contributed by atoms with Crippen molar-refractivity contribution < 1.29 is 8.42 Å². The molecule has 1 aliphatic heterocycles. The molecule has 1 rings (SSSR count). The lowest BCUT2D eigenvalue weighted by molar-refractivity contribution is 0.229. The minimum absolute atomic E-state index is 0.172. The Bertz CT molecular complexity index is 344. The van der Waals surface area contributed by atoms with Crippen molar-refractivity contribution >= 4 is 10.0 Å². The second kappa shape index (κ2) is 8.19. The van der Waals surface area contributed by atoms with Gasteiger partial charge in [-0.1, -0.05) is 6.92 Å². The second-order valence-corrected chi connectivity index (χ2v) is 7.45. The molecule has 0 aromatic rings. The minimum atomic E-state index is -3.09. The highest BCUT2D eigenvalue weighted by molar-refractivity contribution is 7.89. The molecule has 0 aromatic heterocycles. The van der Waals surface area contributed by atoms with Crippen molar-refractivity contribution in [3.63, 3.8) is 0 Å². The maximum atomic E-state index is 11.5. The lowest BCUT2D eigenvalue weighted by Gasteiger charge is -2.24. The Morgan fingerprint density at radius 1 is 1.26 bits per heavy atom. The van der Waals surface area contributed by atoms with E-state index < -0.39 is 10.0 Å². The maximum absolute atomic E-state index is 11.5.